The van der Waals surface area contributed by atoms with Crippen LogP contribution < -0.4 is 5.73 Å². The molecule has 3 heteroatoms. The first-order valence-corrected chi connectivity index (χ1v) is 4.16. The molecule has 1 unspecified atom stereocenters. The van der Waals surface area contributed by atoms with E-state index in [9.17, 15) is 5.11 Å². The Kier molecular flexibility index (Phi) is 2.87. The molecular formula is C8H17NO2. The van der Waals surface area contributed by atoms with E-state index in [2.05, 4.69) is 0 Å². The van der Waals surface area contributed by atoms with Crippen molar-refractivity contribution in [1.29, 1.82) is 0 Å². The average molecular weight is 159 g/mol. The lowest BCUT2D eigenvalue weighted by Gasteiger charge is -2.31. The molecule has 0 aliphatic heterocycles. The number of ether oxygens (including phenoxy) is 1. The molecule has 0 aromatic heterocycles. The standard InChI is InChI=1S/C8H17NO2/c1-11-7(10)8(6-9)4-2-3-5-8/h7,10H,2-6,9H2,1H3. The molecule has 1 saturated carbocycles. The summed E-state index contributed by atoms with van der Waals surface area (Å²) >= 11 is 0. The molecule has 0 amide bonds. The van der Waals surface area contributed by atoms with Crippen molar-refractivity contribution in [2.75, 3.05) is 13.7 Å². The molecule has 1 fully saturated rings. The van der Waals surface area contributed by atoms with E-state index in [-0.39, 0.29) is 5.41 Å². The highest BCUT2D eigenvalue weighted by molar-refractivity contribution is 4.87. The molecule has 0 heterocycles. The molecule has 0 saturated heterocycles. The molecule has 3 N–H and O–H groups in total. The van der Waals surface area contributed by atoms with Gasteiger partial charge in [0.15, 0.2) is 6.29 Å². The topological polar surface area (TPSA) is 55.5 Å². The Balaban J connectivity index is 2.58. The summed E-state index contributed by atoms with van der Waals surface area (Å²) in [6.45, 7) is 0.530. The number of nitrogens with two attached hydrogens (primary N) is 1. The van der Waals surface area contributed by atoms with E-state index in [4.69, 9.17) is 10.5 Å². The fraction of sp³-hybridized carbons (Fsp3) is 1.00. The number of hydrogen-bond donors (Lipinski definition) is 2. The van der Waals surface area contributed by atoms with Gasteiger partial charge >= 0.3 is 0 Å². The lowest BCUT2D eigenvalue weighted by molar-refractivity contribution is -0.152. The SMILES string of the molecule is COC(O)C1(CN)CCCC1. The van der Waals surface area contributed by atoms with E-state index in [1.165, 1.54) is 7.11 Å². The van der Waals surface area contributed by atoms with Crippen molar-refractivity contribution >= 4 is 0 Å². The fourth-order valence-electron chi connectivity index (χ4n) is 1.88. The number of hydrogen-bond acceptors (Lipinski definition) is 3. The lowest BCUT2D eigenvalue weighted by Crippen LogP contribution is -2.40. The van der Waals surface area contributed by atoms with Crippen LogP contribution >= 0.6 is 0 Å². The zero-order chi connectivity index (χ0) is 8.32. The van der Waals surface area contributed by atoms with Crippen LogP contribution in [0.2, 0.25) is 0 Å². The summed E-state index contributed by atoms with van der Waals surface area (Å²) in [6, 6.07) is 0. The molecule has 0 spiro atoms. The van der Waals surface area contributed by atoms with Gasteiger partial charge in [0.2, 0.25) is 0 Å². The van der Waals surface area contributed by atoms with Gasteiger partial charge in [0, 0.05) is 19.1 Å². The van der Waals surface area contributed by atoms with Gasteiger partial charge in [-0.05, 0) is 12.8 Å². The predicted molar refractivity (Wildman–Crippen MR) is 43.0 cm³/mol. The Bertz CT molecular complexity index is 121. The van der Waals surface area contributed by atoms with E-state index in [0.717, 1.165) is 25.7 Å². The molecule has 1 aliphatic carbocycles. The molecule has 11 heavy (non-hydrogen) atoms. The molecular weight excluding hydrogens is 142 g/mol. The monoisotopic (exact) mass is 159 g/mol. The van der Waals surface area contributed by atoms with E-state index in [1.807, 2.05) is 0 Å². The van der Waals surface area contributed by atoms with Gasteiger partial charge < -0.3 is 15.6 Å². The Morgan fingerprint density at radius 2 is 2.09 bits per heavy atom. The van der Waals surface area contributed by atoms with E-state index >= 15 is 0 Å². The van der Waals surface area contributed by atoms with E-state index < -0.39 is 6.29 Å². The second-order valence-electron chi connectivity index (χ2n) is 3.36. The normalized spacial score (nSPS) is 25.4. The van der Waals surface area contributed by atoms with Gasteiger partial charge in [-0.1, -0.05) is 12.8 Å². The first kappa shape index (κ1) is 8.97. The third kappa shape index (κ3) is 1.55. The van der Waals surface area contributed by atoms with Crippen LogP contribution in [0, 0.1) is 5.41 Å². The van der Waals surface area contributed by atoms with Crippen molar-refractivity contribution < 1.29 is 9.84 Å². The summed E-state index contributed by atoms with van der Waals surface area (Å²) in [5.41, 5.74) is 5.46. The molecule has 3 nitrogen and oxygen atoms in total. The van der Waals surface area contributed by atoms with Crippen molar-refractivity contribution in [3.63, 3.8) is 0 Å². The summed E-state index contributed by atoms with van der Waals surface area (Å²) in [7, 11) is 1.53. The van der Waals surface area contributed by atoms with E-state index in [0.29, 0.717) is 6.54 Å². The third-order valence-corrected chi connectivity index (χ3v) is 2.75. The fourth-order valence-corrected chi connectivity index (χ4v) is 1.88. The van der Waals surface area contributed by atoms with Gasteiger partial charge in [-0.25, -0.2) is 0 Å². The Hall–Kier alpha value is -0.120. The number of aliphatic hydroxyl groups excluding tert-OH is 1. The maximum absolute atomic E-state index is 9.51. The number of rotatable bonds is 3. The largest absolute Gasteiger partial charge is 0.367 e. The van der Waals surface area contributed by atoms with Crippen LogP contribution in [0.4, 0.5) is 0 Å². The summed E-state index contributed by atoms with van der Waals surface area (Å²) in [6.07, 6.45) is 3.65. The molecule has 0 radical (unpaired) electrons. The molecule has 0 aromatic carbocycles. The van der Waals surface area contributed by atoms with Gasteiger partial charge in [-0.15, -0.1) is 0 Å². The Morgan fingerprint density at radius 3 is 2.45 bits per heavy atom. The van der Waals surface area contributed by atoms with Crippen LogP contribution in [0.1, 0.15) is 25.7 Å². The minimum atomic E-state index is -0.671. The Labute approximate surface area is 67.5 Å². The highest BCUT2D eigenvalue weighted by atomic mass is 16.6. The number of methoxy groups -OCH3 is 1. The zero-order valence-electron chi connectivity index (χ0n) is 7.05. The second kappa shape index (κ2) is 3.52. The third-order valence-electron chi connectivity index (χ3n) is 2.75. The van der Waals surface area contributed by atoms with Gasteiger partial charge in [-0.2, -0.15) is 0 Å². The Morgan fingerprint density at radius 1 is 1.55 bits per heavy atom. The number of aliphatic hydroxyl groups is 1. The molecule has 66 valence electrons. The van der Waals surface area contributed by atoms with Crippen LogP contribution in [0.15, 0.2) is 0 Å². The van der Waals surface area contributed by atoms with Crippen LogP contribution in [-0.2, 0) is 4.74 Å². The van der Waals surface area contributed by atoms with Crippen LogP contribution in [0.3, 0.4) is 0 Å². The van der Waals surface area contributed by atoms with Crippen LogP contribution in [-0.4, -0.2) is 25.1 Å². The van der Waals surface area contributed by atoms with Crippen molar-refractivity contribution in [3.8, 4) is 0 Å². The quantitative estimate of drug-likeness (QED) is 0.588. The minimum absolute atomic E-state index is 0.144. The molecule has 1 atom stereocenters. The average Bonchev–Trinajstić information content (AvgIpc) is 2.52. The molecule has 0 bridgehead atoms. The van der Waals surface area contributed by atoms with Crippen molar-refractivity contribution in [2.24, 2.45) is 11.1 Å². The summed E-state index contributed by atoms with van der Waals surface area (Å²) in [5, 5.41) is 9.51. The zero-order valence-corrected chi connectivity index (χ0v) is 7.05. The molecule has 1 aliphatic rings. The molecule has 0 aromatic rings. The smallest absolute Gasteiger partial charge is 0.160 e. The first-order chi connectivity index (χ1) is 5.25. The van der Waals surface area contributed by atoms with Crippen LogP contribution in [0.25, 0.3) is 0 Å². The predicted octanol–water partition coefficient (Wildman–Crippen LogP) is 0.470. The van der Waals surface area contributed by atoms with Gasteiger partial charge in [0.05, 0.1) is 0 Å². The maximum Gasteiger partial charge on any atom is 0.160 e. The second-order valence-corrected chi connectivity index (χ2v) is 3.36. The highest BCUT2D eigenvalue weighted by Crippen LogP contribution is 2.40. The van der Waals surface area contributed by atoms with Crippen molar-refractivity contribution in [3.05, 3.63) is 0 Å². The summed E-state index contributed by atoms with van der Waals surface area (Å²) < 4.78 is 4.90. The van der Waals surface area contributed by atoms with E-state index in [1.54, 1.807) is 0 Å². The van der Waals surface area contributed by atoms with Crippen LogP contribution in [0.5, 0.6) is 0 Å². The first-order valence-electron chi connectivity index (χ1n) is 4.16. The highest BCUT2D eigenvalue weighted by Gasteiger charge is 2.39. The maximum atomic E-state index is 9.51. The van der Waals surface area contributed by atoms with Crippen molar-refractivity contribution in [2.45, 2.75) is 32.0 Å². The minimum Gasteiger partial charge on any atom is -0.367 e. The van der Waals surface area contributed by atoms with Gasteiger partial charge in [0.1, 0.15) is 0 Å². The van der Waals surface area contributed by atoms with Gasteiger partial charge in [-0.3, -0.25) is 0 Å². The molecule has 1 rings (SSSR count). The lowest BCUT2D eigenvalue weighted by atomic mass is 9.85. The van der Waals surface area contributed by atoms with Crippen molar-refractivity contribution in [1.82, 2.24) is 0 Å². The summed E-state index contributed by atoms with van der Waals surface area (Å²) in [4.78, 5) is 0. The summed E-state index contributed by atoms with van der Waals surface area (Å²) in [5.74, 6) is 0. The van der Waals surface area contributed by atoms with Gasteiger partial charge in [0.25, 0.3) is 0 Å².